The van der Waals surface area contributed by atoms with E-state index in [1.807, 2.05) is 6.92 Å². The van der Waals surface area contributed by atoms with Crippen molar-refractivity contribution in [3.63, 3.8) is 0 Å². The number of hydrogen-bond acceptors (Lipinski definition) is 3. The molecule has 0 rings (SSSR count). The fourth-order valence-electron chi connectivity index (χ4n) is 0.592. The Balaban J connectivity index is 3.60. The molecular weight excluding hydrogens is 158 g/mol. The van der Waals surface area contributed by atoms with Crippen LogP contribution in [0.1, 0.15) is 13.3 Å². The number of amides is 1. The molecule has 0 heterocycles. The lowest BCUT2D eigenvalue weighted by Gasteiger charge is -2.12. The first kappa shape index (κ1) is 10.8. The molecule has 0 aliphatic heterocycles. The molecule has 4 heteroatoms. The number of terminal acetylenes is 1. The van der Waals surface area contributed by atoms with Gasteiger partial charge in [-0.2, -0.15) is 0 Å². The highest BCUT2D eigenvalue weighted by molar-refractivity contribution is 5.67. The van der Waals surface area contributed by atoms with Crippen LogP contribution >= 0.6 is 0 Å². The molecule has 1 atom stereocenters. The second-order valence-electron chi connectivity index (χ2n) is 2.21. The number of ether oxygens (including phenoxy) is 1. The van der Waals surface area contributed by atoms with Gasteiger partial charge in [0.25, 0.3) is 0 Å². The van der Waals surface area contributed by atoms with Crippen molar-refractivity contribution in [3.8, 4) is 12.3 Å². The third-order valence-electron chi connectivity index (χ3n) is 1.32. The second kappa shape index (κ2) is 6.50. The monoisotopic (exact) mass is 171 g/mol. The minimum Gasteiger partial charge on any atom is -0.436 e. The molecule has 4 nitrogen and oxygen atoms in total. The highest BCUT2D eigenvalue weighted by atomic mass is 16.5. The fourth-order valence-corrected chi connectivity index (χ4v) is 0.592. The van der Waals surface area contributed by atoms with Crippen LogP contribution in [-0.4, -0.2) is 30.5 Å². The van der Waals surface area contributed by atoms with Crippen LogP contribution in [0.3, 0.4) is 0 Å². The van der Waals surface area contributed by atoms with Crippen molar-refractivity contribution in [2.75, 3.05) is 13.2 Å². The van der Waals surface area contributed by atoms with Gasteiger partial charge < -0.3 is 15.2 Å². The Morgan fingerprint density at radius 2 is 2.50 bits per heavy atom. The summed E-state index contributed by atoms with van der Waals surface area (Å²) in [6.07, 6.45) is 4.93. The highest BCUT2D eigenvalue weighted by Gasteiger charge is 2.08. The van der Waals surface area contributed by atoms with Gasteiger partial charge in [0.2, 0.25) is 0 Å². The van der Waals surface area contributed by atoms with Crippen molar-refractivity contribution in [1.29, 1.82) is 0 Å². The van der Waals surface area contributed by atoms with Gasteiger partial charge in [-0.15, -0.1) is 6.42 Å². The number of rotatable bonds is 4. The zero-order chi connectivity index (χ0) is 9.40. The number of nitrogens with one attached hydrogen (secondary N) is 1. The quantitative estimate of drug-likeness (QED) is 0.590. The fraction of sp³-hybridized carbons (Fsp3) is 0.625. The summed E-state index contributed by atoms with van der Waals surface area (Å²) in [5.41, 5.74) is 0. The third-order valence-corrected chi connectivity index (χ3v) is 1.32. The molecule has 0 bridgehead atoms. The first-order valence-corrected chi connectivity index (χ1v) is 3.72. The molecule has 0 saturated carbocycles. The number of aliphatic hydroxyl groups is 1. The largest absolute Gasteiger partial charge is 0.436 e. The Morgan fingerprint density at radius 1 is 1.83 bits per heavy atom. The maximum absolute atomic E-state index is 10.8. The van der Waals surface area contributed by atoms with E-state index >= 15 is 0 Å². The Labute approximate surface area is 71.9 Å². The normalized spacial score (nSPS) is 11.4. The summed E-state index contributed by atoms with van der Waals surface area (Å²) in [4.78, 5) is 10.8. The lowest BCUT2D eigenvalue weighted by Crippen LogP contribution is -2.37. The van der Waals surface area contributed by atoms with E-state index in [0.29, 0.717) is 6.42 Å². The van der Waals surface area contributed by atoms with E-state index < -0.39 is 6.09 Å². The molecular formula is C8H13NO3. The van der Waals surface area contributed by atoms with Crippen molar-refractivity contribution in [1.82, 2.24) is 5.32 Å². The average molecular weight is 171 g/mol. The molecule has 0 saturated heterocycles. The number of carbonyl (C=O) groups is 1. The van der Waals surface area contributed by atoms with Crippen LogP contribution in [0.2, 0.25) is 0 Å². The van der Waals surface area contributed by atoms with Gasteiger partial charge in [-0.1, -0.05) is 12.8 Å². The van der Waals surface area contributed by atoms with Crippen molar-refractivity contribution < 1.29 is 14.6 Å². The van der Waals surface area contributed by atoms with Crippen LogP contribution in [0.5, 0.6) is 0 Å². The number of alkyl carbamates (subject to hydrolysis) is 1. The lowest BCUT2D eigenvalue weighted by molar-refractivity contribution is 0.147. The Morgan fingerprint density at radius 3 is 2.92 bits per heavy atom. The van der Waals surface area contributed by atoms with Gasteiger partial charge >= 0.3 is 6.09 Å². The van der Waals surface area contributed by atoms with Crippen molar-refractivity contribution >= 4 is 6.09 Å². The zero-order valence-corrected chi connectivity index (χ0v) is 7.04. The molecule has 0 radical (unpaired) electrons. The van der Waals surface area contributed by atoms with Crippen LogP contribution in [0.25, 0.3) is 0 Å². The minimum atomic E-state index is -0.589. The highest BCUT2D eigenvalue weighted by Crippen LogP contribution is 1.89. The first-order valence-electron chi connectivity index (χ1n) is 3.72. The average Bonchev–Trinajstić information content (AvgIpc) is 2.10. The van der Waals surface area contributed by atoms with Gasteiger partial charge in [0.15, 0.2) is 6.61 Å². The molecule has 1 amide bonds. The minimum absolute atomic E-state index is 0.0479. The van der Waals surface area contributed by atoms with Crippen LogP contribution in [0.15, 0.2) is 0 Å². The Kier molecular flexibility index (Phi) is 5.84. The standard InChI is InChI=1S/C8H13NO3/c1-3-5-12-8(11)9-7(4-2)6-10/h1,7,10H,4-6H2,2H3,(H,9,11). The van der Waals surface area contributed by atoms with Gasteiger partial charge in [0.05, 0.1) is 12.6 Å². The van der Waals surface area contributed by atoms with E-state index in [1.165, 1.54) is 0 Å². The molecule has 2 N–H and O–H groups in total. The van der Waals surface area contributed by atoms with E-state index in [1.54, 1.807) is 0 Å². The maximum atomic E-state index is 10.8. The summed E-state index contributed by atoms with van der Waals surface area (Å²) >= 11 is 0. The summed E-state index contributed by atoms with van der Waals surface area (Å²) in [5, 5.41) is 11.1. The zero-order valence-electron chi connectivity index (χ0n) is 7.04. The molecule has 0 spiro atoms. The smallest absolute Gasteiger partial charge is 0.408 e. The topological polar surface area (TPSA) is 58.6 Å². The van der Waals surface area contributed by atoms with E-state index in [9.17, 15) is 4.79 Å². The van der Waals surface area contributed by atoms with Crippen molar-refractivity contribution in [3.05, 3.63) is 0 Å². The van der Waals surface area contributed by atoms with Gasteiger partial charge in [-0.05, 0) is 6.42 Å². The summed E-state index contributed by atoms with van der Waals surface area (Å²) < 4.78 is 4.53. The molecule has 0 aliphatic carbocycles. The van der Waals surface area contributed by atoms with E-state index in [4.69, 9.17) is 11.5 Å². The van der Waals surface area contributed by atoms with Gasteiger partial charge in [0.1, 0.15) is 0 Å². The van der Waals surface area contributed by atoms with Crippen LogP contribution in [-0.2, 0) is 4.74 Å². The molecule has 0 aromatic carbocycles. The summed E-state index contributed by atoms with van der Waals surface area (Å²) in [7, 11) is 0. The third kappa shape index (κ3) is 4.58. The molecule has 68 valence electrons. The second-order valence-corrected chi connectivity index (χ2v) is 2.21. The number of hydrogen-bond donors (Lipinski definition) is 2. The molecule has 0 aromatic rings. The SMILES string of the molecule is C#CCOC(=O)NC(CC)CO. The van der Waals surface area contributed by atoms with Crippen LogP contribution < -0.4 is 5.32 Å². The predicted octanol–water partition coefficient (Wildman–Crippen LogP) is 0.117. The molecule has 0 aromatic heterocycles. The van der Waals surface area contributed by atoms with Crippen molar-refractivity contribution in [2.45, 2.75) is 19.4 Å². The number of aliphatic hydroxyl groups excluding tert-OH is 1. The van der Waals surface area contributed by atoms with Gasteiger partial charge in [-0.3, -0.25) is 0 Å². The maximum Gasteiger partial charge on any atom is 0.408 e. The molecule has 0 aliphatic rings. The first-order chi connectivity index (χ1) is 5.74. The summed E-state index contributed by atoms with van der Waals surface area (Å²) in [6, 6.07) is -0.254. The Bertz CT molecular complexity index is 170. The lowest BCUT2D eigenvalue weighted by atomic mass is 10.2. The van der Waals surface area contributed by atoms with E-state index in [-0.39, 0.29) is 19.3 Å². The van der Waals surface area contributed by atoms with Gasteiger partial charge in [0, 0.05) is 0 Å². The molecule has 1 unspecified atom stereocenters. The molecule has 12 heavy (non-hydrogen) atoms. The van der Waals surface area contributed by atoms with E-state index in [2.05, 4.69) is 16.0 Å². The Hall–Kier alpha value is -1.21. The van der Waals surface area contributed by atoms with Crippen LogP contribution in [0.4, 0.5) is 4.79 Å². The van der Waals surface area contributed by atoms with Gasteiger partial charge in [-0.25, -0.2) is 4.79 Å². The van der Waals surface area contributed by atoms with Crippen LogP contribution in [0, 0.1) is 12.3 Å². The molecule has 0 fully saturated rings. The summed E-state index contributed by atoms with van der Waals surface area (Å²) in [6.45, 7) is 1.71. The summed E-state index contributed by atoms with van der Waals surface area (Å²) in [5.74, 6) is 2.16. The van der Waals surface area contributed by atoms with E-state index in [0.717, 1.165) is 0 Å². The predicted molar refractivity (Wildman–Crippen MR) is 44.5 cm³/mol. The number of carbonyl (C=O) groups excluding carboxylic acids is 1. The van der Waals surface area contributed by atoms with Crippen molar-refractivity contribution in [2.24, 2.45) is 0 Å².